The van der Waals surface area contributed by atoms with Gasteiger partial charge in [0.15, 0.2) is 0 Å². The molecule has 0 aromatic heterocycles. The van der Waals surface area contributed by atoms with Gasteiger partial charge in [0.25, 0.3) is 0 Å². The van der Waals surface area contributed by atoms with Gasteiger partial charge in [-0.05, 0) is 18.6 Å². The van der Waals surface area contributed by atoms with E-state index in [0.717, 1.165) is 12.1 Å². The first kappa shape index (κ1) is 16.8. The summed E-state index contributed by atoms with van der Waals surface area (Å²) in [5.74, 6) is -1.48. The molecule has 1 aromatic rings. The molecule has 1 aromatic carbocycles. The molecule has 17 heavy (non-hydrogen) atoms. The molecular formula is C11H15BrClF2NO. The molecule has 0 spiro atoms. The summed E-state index contributed by atoms with van der Waals surface area (Å²) in [4.78, 5) is 0. The Kier molecular flexibility index (Phi) is 7.16. The lowest BCUT2D eigenvalue weighted by atomic mass is 9.98. The number of rotatable bonds is 4. The standard InChI is InChI=1S/C11H14BrF2NO.ClH/c1-2-3-9(16)11(15)10-7(13)4-6(12)5-8(10)14;/h4-5,9,11,16H,2-3,15H2,1H3;1H/t9-,11-;/m0./s1. The van der Waals surface area contributed by atoms with E-state index in [0.29, 0.717) is 17.3 Å². The quantitative estimate of drug-likeness (QED) is 0.889. The van der Waals surface area contributed by atoms with Gasteiger partial charge in [0.2, 0.25) is 0 Å². The van der Waals surface area contributed by atoms with Gasteiger partial charge in [0.05, 0.1) is 12.1 Å². The zero-order valence-corrected chi connectivity index (χ0v) is 11.7. The van der Waals surface area contributed by atoms with Crippen molar-refractivity contribution in [3.63, 3.8) is 0 Å². The maximum atomic E-state index is 13.5. The summed E-state index contributed by atoms with van der Waals surface area (Å²) in [5, 5.41) is 9.62. The average Bonchev–Trinajstić information content (AvgIpc) is 2.16. The molecule has 2 atom stereocenters. The summed E-state index contributed by atoms with van der Waals surface area (Å²) in [7, 11) is 0. The van der Waals surface area contributed by atoms with Gasteiger partial charge < -0.3 is 10.8 Å². The monoisotopic (exact) mass is 329 g/mol. The minimum absolute atomic E-state index is 0. The summed E-state index contributed by atoms with van der Waals surface area (Å²) in [6.45, 7) is 1.87. The minimum atomic E-state index is -1.03. The van der Waals surface area contributed by atoms with Gasteiger partial charge in [-0.2, -0.15) is 0 Å². The van der Waals surface area contributed by atoms with Crippen molar-refractivity contribution in [3.8, 4) is 0 Å². The number of hydrogen-bond donors (Lipinski definition) is 2. The van der Waals surface area contributed by atoms with Crippen LogP contribution in [-0.2, 0) is 0 Å². The Labute approximate surface area is 114 Å². The first-order valence-corrected chi connectivity index (χ1v) is 5.84. The van der Waals surface area contributed by atoms with Crippen LogP contribution in [0.3, 0.4) is 0 Å². The highest BCUT2D eigenvalue weighted by atomic mass is 79.9. The van der Waals surface area contributed by atoms with Crippen LogP contribution in [0.5, 0.6) is 0 Å². The van der Waals surface area contributed by atoms with Gasteiger partial charge in [-0.3, -0.25) is 0 Å². The van der Waals surface area contributed by atoms with E-state index in [1.54, 1.807) is 0 Å². The molecule has 6 heteroatoms. The molecule has 0 radical (unpaired) electrons. The second-order valence-corrected chi connectivity index (χ2v) is 4.58. The third kappa shape index (κ3) is 4.17. The fourth-order valence-corrected chi connectivity index (χ4v) is 1.94. The zero-order chi connectivity index (χ0) is 12.3. The second kappa shape index (κ2) is 7.26. The van der Waals surface area contributed by atoms with E-state index in [2.05, 4.69) is 15.9 Å². The van der Waals surface area contributed by atoms with Crippen molar-refractivity contribution >= 4 is 28.3 Å². The van der Waals surface area contributed by atoms with Crippen LogP contribution in [-0.4, -0.2) is 11.2 Å². The fourth-order valence-electron chi connectivity index (χ4n) is 1.54. The smallest absolute Gasteiger partial charge is 0.132 e. The molecule has 1 rings (SSSR count). The van der Waals surface area contributed by atoms with Crippen molar-refractivity contribution in [1.29, 1.82) is 0 Å². The van der Waals surface area contributed by atoms with Gasteiger partial charge >= 0.3 is 0 Å². The largest absolute Gasteiger partial charge is 0.391 e. The number of halogens is 4. The molecule has 0 fully saturated rings. The van der Waals surface area contributed by atoms with Crippen LogP contribution >= 0.6 is 28.3 Å². The molecule has 98 valence electrons. The average molecular weight is 331 g/mol. The third-order valence-electron chi connectivity index (χ3n) is 2.38. The van der Waals surface area contributed by atoms with Crippen LogP contribution in [0.25, 0.3) is 0 Å². The predicted molar refractivity (Wildman–Crippen MR) is 69.1 cm³/mol. The Morgan fingerprint density at radius 1 is 1.35 bits per heavy atom. The molecule has 0 aliphatic heterocycles. The number of aliphatic hydroxyl groups excluding tert-OH is 1. The summed E-state index contributed by atoms with van der Waals surface area (Å²) in [5.41, 5.74) is 5.37. The van der Waals surface area contributed by atoms with Gasteiger partial charge in [-0.15, -0.1) is 12.4 Å². The Hall–Kier alpha value is -0.230. The predicted octanol–water partition coefficient (Wildman–Crippen LogP) is 3.31. The maximum absolute atomic E-state index is 13.5. The second-order valence-electron chi connectivity index (χ2n) is 3.66. The maximum Gasteiger partial charge on any atom is 0.132 e. The van der Waals surface area contributed by atoms with E-state index in [-0.39, 0.29) is 18.0 Å². The van der Waals surface area contributed by atoms with Crippen LogP contribution < -0.4 is 5.73 Å². The van der Waals surface area contributed by atoms with Crippen LogP contribution in [0.1, 0.15) is 31.4 Å². The highest BCUT2D eigenvalue weighted by molar-refractivity contribution is 9.10. The summed E-state index contributed by atoms with van der Waals surface area (Å²) in [6.07, 6.45) is 0.181. The number of benzene rings is 1. The molecule has 0 bridgehead atoms. The zero-order valence-electron chi connectivity index (χ0n) is 9.29. The molecule has 0 unspecified atom stereocenters. The van der Waals surface area contributed by atoms with Gasteiger partial charge in [-0.25, -0.2) is 8.78 Å². The van der Waals surface area contributed by atoms with Crippen LogP contribution in [0.4, 0.5) is 8.78 Å². The SMILES string of the molecule is CCC[C@H](O)[C@H](N)c1c(F)cc(Br)cc1F.Cl. The molecule has 0 aliphatic carbocycles. The Morgan fingerprint density at radius 2 is 1.82 bits per heavy atom. The molecule has 0 saturated carbocycles. The van der Waals surface area contributed by atoms with E-state index in [9.17, 15) is 13.9 Å². The summed E-state index contributed by atoms with van der Waals surface area (Å²) < 4.78 is 27.3. The van der Waals surface area contributed by atoms with Crippen molar-refractivity contribution in [2.75, 3.05) is 0 Å². The fraction of sp³-hybridized carbons (Fsp3) is 0.455. The van der Waals surface area contributed by atoms with Gasteiger partial charge in [0.1, 0.15) is 11.6 Å². The lowest BCUT2D eigenvalue weighted by Gasteiger charge is -2.19. The third-order valence-corrected chi connectivity index (χ3v) is 2.83. The van der Waals surface area contributed by atoms with Crippen LogP contribution in [0, 0.1) is 11.6 Å². The normalized spacial score (nSPS) is 14.0. The van der Waals surface area contributed by atoms with E-state index < -0.39 is 23.8 Å². The molecule has 0 amide bonds. The molecular weight excluding hydrogens is 315 g/mol. The molecule has 0 heterocycles. The molecule has 0 saturated heterocycles. The number of nitrogens with two attached hydrogens (primary N) is 1. The van der Waals surface area contributed by atoms with Crippen molar-refractivity contribution < 1.29 is 13.9 Å². The van der Waals surface area contributed by atoms with Crippen molar-refractivity contribution in [2.24, 2.45) is 5.73 Å². The summed E-state index contributed by atoms with van der Waals surface area (Å²) >= 11 is 2.98. The Morgan fingerprint density at radius 3 is 2.24 bits per heavy atom. The Balaban J connectivity index is 0.00000256. The van der Waals surface area contributed by atoms with E-state index in [4.69, 9.17) is 5.73 Å². The van der Waals surface area contributed by atoms with E-state index in [1.807, 2.05) is 6.92 Å². The summed E-state index contributed by atoms with van der Waals surface area (Å²) in [6, 6.07) is 1.24. The van der Waals surface area contributed by atoms with Crippen molar-refractivity contribution in [3.05, 3.63) is 33.8 Å². The highest BCUT2D eigenvalue weighted by Crippen LogP contribution is 2.26. The van der Waals surface area contributed by atoms with Gasteiger partial charge in [-0.1, -0.05) is 29.3 Å². The molecule has 0 aliphatic rings. The van der Waals surface area contributed by atoms with Crippen molar-refractivity contribution in [2.45, 2.75) is 31.9 Å². The molecule has 2 nitrogen and oxygen atoms in total. The lowest BCUT2D eigenvalue weighted by molar-refractivity contribution is 0.131. The first-order chi connectivity index (χ1) is 7.47. The molecule has 3 N–H and O–H groups in total. The van der Waals surface area contributed by atoms with E-state index in [1.165, 1.54) is 0 Å². The van der Waals surface area contributed by atoms with Crippen LogP contribution in [0.2, 0.25) is 0 Å². The Bertz CT molecular complexity index is 355. The van der Waals surface area contributed by atoms with Crippen LogP contribution in [0.15, 0.2) is 16.6 Å². The lowest BCUT2D eigenvalue weighted by Crippen LogP contribution is -2.28. The number of hydrogen-bond acceptors (Lipinski definition) is 2. The van der Waals surface area contributed by atoms with Crippen molar-refractivity contribution in [1.82, 2.24) is 0 Å². The topological polar surface area (TPSA) is 46.2 Å². The van der Waals surface area contributed by atoms with Gasteiger partial charge in [0, 0.05) is 10.0 Å². The van der Waals surface area contributed by atoms with E-state index >= 15 is 0 Å². The highest BCUT2D eigenvalue weighted by Gasteiger charge is 2.23. The minimum Gasteiger partial charge on any atom is -0.391 e. The number of aliphatic hydroxyl groups is 1. The first-order valence-electron chi connectivity index (χ1n) is 5.05.